The number of aromatic carboxylic acids is 1. The number of aromatic nitrogens is 2. The summed E-state index contributed by atoms with van der Waals surface area (Å²) in [6.45, 7) is 8.43. The first-order valence-corrected chi connectivity index (χ1v) is 12.6. The Morgan fingerprint density at radius 2 is 1.76 bits per heavy atom. The minimum Gasteiger partial charge on any atom is -0.477 e. The van der Waals surface area contributed by atoms with Crippen molar-refractivity contribution in [3.63, 3.8) is 0 Å². The largest absolute Gasteiger partial charge is 0.477 e. The number of thiophene rings is 1. The third kappa shape index (κ3) is 5.21. The van der Waals surface area contributed by atoms with Crippen molar-refractivity contribution < 1.29 is 19.4 Å². The van der Waals surface area contributed by atoms with Crippen LogP contribution in [0.4, 0.5) is 5.69 Å². The van der Waals surface area contributed by atoms with Gasteiger partial charge in [-0.2, -0.15) is 0 Å². The molecule has 0 aromatic carbocycles. The van der Waals surface area contributed by atoms with E-state index in [-0.39, 0.29) is 34.3 Å². The first-order chi connectivity index (χ1) is 15.6. The molecule has 2 aromatic heterocycles. The molecule has 2 saturated carbocycles. The molecule has 0 spiro atoms. The molecule has 1 N–H and O–H groups in total. The number of carboxylic acid groups (broad SMARTS) is 1. The van der Waals surface area contributed by atoms with Gasteiger partial charge in [-0.25, -0.2) is 14.8 Å². The van der Waals surface area contributed by atoms with Crippen molar-refractivity contribution in [2.24, 2.45) is 11.8 Å². The van der Waals surface area contributed by atoms with Crippen molar-refractivity contribution in [2.75, 3.05) is 4.90 Å². The predicted molar refractivity (Wildman–Crippen MR) is 128 cm³/mol. The maximum Gasteiger partial charge on any atom is 0.348 e. The molecule has 0 atom stereocenters. The molecule has 178 valence electrons. The Morgan fingerprint density at radius 3 is 2.33 bits per heavy atom. The number of amides is 1. The van der Waals surface area contributed by atoms with Gasteiger partial charge in [0.2, 0.25) is 5.91 Å². The van der Waals surface area contributed by atoms with Gasteiger partial charge in [-0.05, 0) is 49.1 Å². The first kappa shape index (κ1) is 23.7. The second-order valence-corrected chi connectivity index (χ2v) is 11.5. The molecule has 2 aromatic rings. The van der Waals surface area contributed by atoms with Gasteiger partial charge in [0.25, 0.3) is 0 Å². The third-order valence-electron chi connectivity index (χ3n) is 6.76. The van der Waals surface area contributed by atoms with E-state index in [9.17, 15) is 14.7 Å². The summed E-state index contributed by atoms with van der Waals surface area (Å²) in [5, 5.41) is 9.97. The number of carbonyl (C=O) groups excluding carboxylic acids is 1. The van der Waals surface area contributed by atoms with Crippen LogP contribution in [-0.2, 0) is 10.2 Å². The highest BCUT2D eigenvalue weighted by atomic mass is 32.1. The average Bonchev–Trinajstić information content (AvgIpc) is 3.19. The SMILES string of the molecule is CC(C)(C)c1cc(N(C(=O)[C@H]2CC[C@H](C)CC2)[C@H]2C[C@@H](Oc3ncccn3)C2)c(C(=O)O)s1. The predicted octanol–water partition coefficient (Wildman–Crippen LogP) is 5.30. The average molecular weight is 472 g/mol. The molecule has 33 heavy (non-hydrogen) atoms. The standard InChI is InChI=1S/C25H33N3O4S/c1-15-6-8-16(9-7-15)22(29)28(17-12-18(13-17)32-24-26-10-5-11-27-24)19-14-20(25(2,3)4)33-21(19)23(30)31/h5,10-11,14-18H,6-9,12-13H2,1-4H3,(H,30,31)/t15-,16-,17-,18+. The van der Waals surface area contributed by atoms with Crippen LogP contribution >= 0.6 is 11.3 Å². The van der Waals surface area contributed by atoms with Gasteiger partial charge in [0.1, 0.15) is 11.0 Å². The Bertz CT molecular complexity index is 987. The zero-order chi connectivity index (χ0) is 23.8. The minimum atomic E-state index is -0.981. The Kier molecular flexibility index (Phi) is 6.75. The van der Waals surface area contributed by atoms with E-state index in [1.807, 2.05) is 6.07 Å². The number of nitrogens with zero attached hydrogens (tertiary/aromatic N) is 3. The lowest BCUT2D eigenvalue weighted by Crippen LogP contribution is -2.54. The summed E-state index contributed by atoms with van der Waals surface area (Å²) in [4.78, 5) is 37.2. The molecule has 0 aliphatic heterocycles. The lowest BCUT2D eigenvalue weighted by molar-refractivity contribution is -0.124. The number of ether oxygens (including phenoxy) is 1. The molecular weight excluding hydrogens is 438 g/mol. The molecule has 4 rings (SSSR count). The Balaban J connectivity index is 1.61. The summed E-state index contributed by atoms with van der Waals surface area (Å²) in [7, 11) is 0. The number of carbonyl (C=O) groups is 2. The van der Waals surface area contributed by atoms with Crippen molar-refractivity contribution in [1.29, 1.82) is 0 Å². The monoisotopic (exact) mass is 471 g/mol. The third-order valence-corrected chi connectivity index (χ3v) is 8.30. The lowest BCUT2D eigenvalue weighted by Gasteiger charge is -2.43. The van der Waals surface area contributed by atoms with Crippen molar-refractivity contribution in [3.8, 4) is 6.01 Å². The van der Waals surface area contributed by atoms with Crippen LogP contribution in [0.1, 0.15) is 80.8 Å². The van der Waals surface area contributed by atoms with E-state index in [0.717, 1.165) is 30.6 Å². The van der Waals surface area contributed by atoms with Crippen molar-refractivity contribution >= 4 is 28.9 Å². The fourth-order valence-electron chi connectivity index (χ4n) is 4.62. The molecule has 0 saturated heterocycles. The van der Waals surface area contributed by atoms with Gasteiger partial charge < -0.3 is 14.7 Å². The fraction of sp³-hybridized carbons (Fsp3) is 0.600. The van der Waals surface area contributed by atoms with Gasteiger partial charge >= 0.3 is 12.0 Å². The van der Waals surface area contributed by atoms with Crippen LogP contribution in [0.25, 0.3) is 0 Å². The maximum absolute atomic E-state index is 13.8. The lowest BCUT2D eigenvalue weighted by atomic mass is 9.80. The van der Waals surface area contributed by atoms with Crippen molar-refractivity contribution in [2.45, 2.75) is 83.8 Å². The smallest absolute Gasteiger partial charge is 0.348 e. The minimum absolute atomic E-state index is 0.0572. The molecule has 0 radical (unpaired) electrons. The van der Waals surface area contributed by atoms with Gasteiger partial charge in [-0.15, -0.1) is 11.3 Å². The summed E-state index contributed by atoms with van der Waals surface area (Å²) >= 11 is 1.28. The Morgan fingerprint density at radius 1 is 1.12 bits per heavy atom. The topological polar surface area (TPSA) is 92.6 Å². The highest BCUT2D eigenvalue weighted by molar-refractivity contribution is 7.14. The number of hydrogen-bond acceptors (Lipinski definition) is 6. The van der Waals surface area contributed by atoms with Gasteiger partial charge in [0.05, 0.1) is 5.69 Å². The maximum atomic E-state index is 13.8. The quantitative estimate of drug-likeness (QED) is 0.614. The van der Waals surface area contributed by atoms with E-state index in [1.54, 1.807) is 23.4 Å². The second-order valence-electron chi connectivity index (χ2n) is 10.4. The van der Waals surface area contributed by atoms with E-state index in [4.69, 9.17) is 4.74 Å². The fourth-order valence-corrected chi connectivity index (χ4v) is 5.67. The van der Waals surface area contributed by atoms with Crippen molar-refractivity contribution in [3.05, 3.63) is 34.3 Å². The van der Waals surface area contributed by atoms with Crippen molar-refractivity contribution in [1.82, 2.24) is 9.97 Å². The number of rotatable bonds is 6. The van der Waals surface area contributed by atoms with Gasteiger partial charge in [-0.1, -0.05) is 27.7 Å². The summed E-state index contributed by atoms with van der Waals surface area (Å²) in [6, 6.07) is 3.90. The normalized spacial score (nSPS) is 25.2. The molecule has 0 unspecified atom stereocenters. The zero-order valence-corrected chi connectivity index (χ0v) is 20.6. The van der Waals surface area contributed by atoms with Crippen LogP contribution in [0, 0.1) is 11.8 Å². The van der Waals surface area contributed by atoms with E-state index in [1.165, 1.54) is 11.3 Å². The van der Waals surface area contributed by atoms with Crippen LogP contribution in [0.5, 0.6) is 6.01 Å². The molecule has 2 fully saturated rings. The Hall–Kier alpha value is -2.48. The Labute approximate surface area is 199 Å². The van der Waals surface area contributed by atoms with Crippen LogP contribution in [0.2, 0.25) is 0 Å². The summed E-state index contributed by atoms with van der Waals surface area (Å²) in [5.41, 5.74) is 0.346. The van der Waals surface area contributed by atoms with Gasteiger partial charge in [-0.3, -0.25) is 4.79 Å². The zero-order valence-electron chi connectivity index (χ0n) is 19.8. The van der Waals surface area contributed by atoms with E-state index >= 15 is 0 Å². The molecule has 2 aliphatic carbocycles. The molecule has 0 bridgehead atoms. The van der Waals surface area contributed by atoms with E-state index < -0.39 is 5.97 Å². The molecule has 2 heterocycles. The molecular formula is C25H33N3O4S. The van der Waals surface area contributed by atoms with Crippen LogP contribution in [0.15, 0.2) is 24.5 Å². The number of hydrogen-bond donors (Lipinski definition) is 1. The number of carboxylic acids is 1. The first-order valence-electron chi connectivity index (χ1n) is 11.8. The van der Waals surface area contributed by atoms with E-state index in [0.29, 0.717) is 30.5 Å². The summed E-state index contributed by atoms with van der Waals surface area (Å²) in [6.07, 6.45) is 8.24. The second kappa shape index (κ2) is 9.41. The van der Waals surface area contributed by atoms with Crippen LogP contribution in [0.3, 0.4) is 0 Å². The van der Waals surface area contributed by atoms with Gasteiger partial charge in [0, 0.05) is 42.1 Å². The van der Waals surface area contributed by atoms with Gasteiger partial charge in [0.15, 0.2) is 0 Å². The highest BCUT2D eigenvalue weighted by Crippen LogP contribution is 2.43. The van der Waals surface area contributed by atoms with Crippen LogP contribution < -0.4 is 9.64 Å². The number of anilines is 1. The summed E-state index contributed by atoms with van der Waals surface area (Å²) in [5.74, 6) is -0.344. The highest BCUT2D eigenvalue weighted by Gasteiger charge is 2.43. The molecule has 8 heteroatoms. The molecule has 2 aliphatic rings. The van der Waals surface area contributed by atoms with Crippen LogP contribution in [-0.4, -0.2) is 39.1 Å². The van der Waals surface area contributed by atoms with E-state index in [2.05, 4.69) is 37.7 Å². The summed E-state index contributed by atoms with van der Waals surface area (Å²) < 4.78 is 5.87. The molecule has 7 nitrogen and oxygen atoms in total. The molecule has 1 amide bonds.